The molecule has 2 aliphatic rings. The second kappa shape index (κ2) is 3.84. The van der Waals surface area contributed by atoms with E-state index in [2.05, 4.69) is 26.1 Å². The summed E-state index contributed by atoms with van der Waals surface area (Å²) < 4.78 is 0. The average molecular weight is 195 g/mol. The fraction of sp³-hybridized carbons (Fsp3) is 1.00. The lowest BCUT2D eigenvalue weighted by Crippen LogP contribution is -2.30. The first-order chi connectivity index (χ1) is 6.61. The molecule has 0 spiro atoms. The maximum atomic E-state index is 3.70. The van der Waals surface area contributed by atoms with Gasteiger partial charge in [0.1, 0.15) is 0 Å². The van der Waals surface area contributed by atoms with Crippen LogP contribution in [-0.2, 0) is 0 Å². The Morgan fingerprint density at radius 1 is 1.29 bits per heavy atom. The Bertz CT molecular complexity index is 197. The molecule has 0 radical (unpaired) electrons. The maximum absolute atomic E-state index is 3.70. The van der Waals surface area contributed by atoms with Gasteiger partial charge in [-0.15, -0.1) is 0 Å². The van der Waals surface area contributed by atoms with E-state index in [1.54, 1.807) is 0 Å². The van der Waals surface area contributed by atoms with Gasteiger partial charge in [0.2, 0.25) is 0 Å². The monoisotopic (exact) mass is 195 g/mol. The molecule has 0 amide bonds. The molecule has 3 atom stereocenters. The normalized spacial score (nSPS) is 41.8. The van der Waals surface area contributed by atoms with Crippen LogP contribution < -0.4 is 5.32 Å². The van der Waals surface area contributed by atoms with E-state index in [4.69, 9.17) is 0 Å². The molecule has 1 saturated heterocycles. The Morgan fingerprint density at radius 3 is 2.79 bits per heavy atom. The molecule has 1 nitrogen and oxygen atoms in total. The first-order valence-corrected chi connectivity index (χ1v) is 6.34. The summed E-state index contributed by atoms with van der Waals surface area (Å²) in [5, 5.41) is 3.70. The summed E-state index contributed by atoms with van der Waals surface area (Å²) in [6, 6.07) is 0.835. The Kier molecular flexibility index (Phi) is 2.88. The van der Waals surface area contributed by atoms with Crippen molar-refractivity contribution in [3.05, 3.63) is 0 Å². The summed E-state index contributed by atoms with van der Waals surface area (Å²) in [4.78, 5) is 0. The van der Waals surface area contributed by atoms with Crippen LogP contribution in [0.3, 0.4) is 0 Å². The van der Waals surface area contributed by atoms with Gasteiger partial charge in [-0.25, -0.2) is 0 Å². The van der Waals surface area contributed by atoms with E-state index in [1.165, 1.54) is 38.6 Å². The molecule has 1 heteroatoms. The van der Waals surface area contributed by atoms with Crippen LogP contribution in [0.5, 0.6) is 0 Å². The Balaban J connectivity index is 2.09. The van der Waals surface area contributed by atoms with Crippen molar-refractivity contribution in [3.8, 4) is 0 Å². The van der Waals surface area contributed by atoms with Gasteiger partial charge in [0.25, 0.3) is 0 Å². The number of rotatable bonds is 1. The summed E-state index contributed by atoms with van der Waals surface area (Å²) in [5.41, 5.74) is 0.567. The minimum atomic E-state index is 0.567. The van der Waals surface area contributed by atoms with E-state index in [-0.39, 0.29) is 0 Å². The van der Waals surface area contributed by atoms with Gasteiger partial charge in [0.15, 0.2) is 0 Å². The molecule has 1 saturated carbocycles. The van der Waals surface area contributed by atoms with Gasteiger partial charge in [0.05, 0.1) is 0 Å². The lowest BCUT2D eigenvalue weighted by molar-refractivity contribution is 0.250. The number of nitrogens with one attached hydrogen (secondary N) is 1. The fourth-order valence-electron chi connectivity index (χ4n) is 3.63. The number of hydrogen-bond acceptors (Lipinski definition) is 1. The van der Waals surface area contributed by atoms with Crippen LogP contribution in [0.4, 0.5) is 0 Å². The first kappa shape index (κ1) is 10.5. The molecule has 14 heavy (non-hydrogen) atoms. The predicted molar refractivity (Wildman–Crippen MR) is 61.3 cm³/mol. The highest BCUT2D eigenvalue weighted by Crippen LogP contribution is 2.42. The summed E-state index contributed by atoms with van der Waals surface area (Å²) in [5.74, 6) is 1.97. The summed E-state index contributed by atoms with van der Waals surface area (Å²) in [7, 11) is 0. The van der Waals surface area contributed by atoms with Crippen molar-refractivity contribution >= 4 is 0 Å². The van der Waals surface area contributed by atoms with Crippen LogP contribution in [0.25, 0.3) is 0 Å². The maximum Gasteiger partial charge on any atom is 0.0101 e. The SMILES string of the molecule is CCC1CC2CCNC2CC(C)(C)C1. The second-order valence-corrected chi connectivity index (χ2v) is 6.19. The smallest absolute Gasteiger partial charge is 0.0101 e. The molecular weight excluding hydrogens is 170 g/mol. The van der Waals surface area contributed by atoms with Gasteiger partial charge in [0, 0.05) is 6.04 Å². The van der Waals surface area contributed by atoms with Crippen molar-refractivity contribution in [1.29, 1.82) is 0 Å². The van der Waals surface area contributed by atoms with Crippen LogP contribution in [0.2, 0.25) is 0 Å². The lowest BCUT2D eigenvalue weighted by Gasteiger charge is -2.28. The van der Waals surface area contributed by atoms with E-state index in [1.807, 2.05) is 0 Å². The molecule has 1 N–H and O–H groups in total. The molecular formula is C13H25N. The minimum absolute atomic E-state index is 0.567. The van der Waals surface area contributed by atoms with E-state index >= 15 is 0 Å². The van der Waals surface area contributed by atoms with E-state index < -0.39 is 0 Å². The second-order valence-electron chi connectivity index (χ2n) is 6.19. The zero-order valence-corrected chi connectivity index (χ0v) is 9.97. The average Bonchev–Trinajstić information content (AvgIpc) is 2.45. The highest BCUT2D eigenvalue weighted by Gasteiger charge is 2.37. The van der Waals surface area contributed by atoms with Gasteiger partial charge < -0.3 is 5.32 Å². The quantitative estimate of drug-likeness (QED) is 0.677. The summed E-state index contributed by atoms with van der Waals surface area (Å²) in [6.45, 7) is 8.54. The van der Waals surface area contributed by atoms with Crippen molar-refractivity contribution < 1.29 is 0 Å². The van der Waals surface area contributed by atoms with Gasteiger partial charge in [-0.2, -0.15) is 0 Å². The number of hydrogen-bond donors (Lipinski definition) is 1. The molecule has 82 valence electrons. The van der Waals surface area contributed by atoms with Crippen LogP contribution in [-0.4, -0.2) is 12.6 Å². The van der Waals surface area contributed by atoms with E-state index in [0.717, 1.165) is 17.9 Å². The molecule has 3 unspecified atom stereocenters. The standard InChI is InChI=1S/C13H25N/c1-4-10-7-11-5-6-14-12(11)9-13(2,3)8-10/h10-12,14H,4-9H2,1-3H3. The van der Waals surface area contributed by atoms with Gasteiger partial charge >= 0.3 is 0 Å². The third-order valence-electron chi connectivity index (χ3n) is 4.32. The van der Waals surface area contributed by atoms with Crippen molar-refractivity contribution in [3.63, 3.8) is 0 Å². The van der Waals surface area contributed by atoms with Crippen molar-refractivity contribution in [2.45, 2.75) is 58.9 Å². The molecule has 1 aliphatic heterocycles. The highest BCUT2D eigenvalue weighted by atomic mass is 15.0. The Morgan fingerprint density at radius 2 is 2.07 bits per heavy atom. The summed E-state index contributed by atoms with van der Waals surface area (Å²) in [6.07, 6.45) is 7.13. The van der Waals surface area contributed by atoms with Crippen LogP contribution >= 0.6 is 0 Å². The third-order valence-corrected chi connectivity index (χ3v) is 4.32. The van der Waals surface area contributed by atoms with Crippen LogP contribution in [0.1, 0.15) is 52.9 Å². The molecule has 2 fully saturated rings. The molecule has 0 bridgehead atoms. The Hall–Kier alpha value is -0.0400. The van der Waals surface area contributed by atoms with Gasteiger partial charge in [-0.3, -0.25) is 0 Å². The molecule has 0 aromatic heterocycles. The zero-order chi connectivity index (χ0) is 10.2. The Labute approximate surface area is 88.7 Å². The van der Waals surface area contributed by atoms with Crippen LogP contribution in [0.15, 0.2) is 0 Å². The van der Waals surface area contributed by atoms with Crippen LogP contribution in [0, 0.1) is 17.3 Å². The van der Waals surface area contributed by atoms with Crippen molar-refractivity contribution in [2.24, 2.45) is 17.3 Å². The molecule has 0 aromatic carbocycles. The summed E-state index contributed by atoms with van der Waals surface area (Å²) >= 11 is 0. The largest absolute Gasteiger partial charge is 0.314 e. The van der Waals surface area contributed by atoms with E-state index in [0.29, 0.717) is 5.41 Å². The third kappa shape index (κ3) is 2.13. The van der Waals surface area contributed by atoms with Gasteiger partial charge in [-0.1, -0.05) is 27.2 Å². The van der Waals surface area contributed by atoms with E-state index in [9.17, 15) is 0 Å². The van der Waals surface area contributed by atoms with Gasteiger partial charge in [-0.05, 0) is 49.5 Å². The molecule has 2 rings (SSSR count). The molecule has 0 aromatic rings. The fourth-order valence-corrected chi connectivity index (χ4v) is 3.63. The molecule has 1 heterocycles. The minimum Gasteiger partial charge on any atom is -0.314 e. The lowest BCUT2D eigenvalue weighted by atomic mass is 9.80. The van der Waals surface area contributed by atoms with Crippen molar-refractivity contribution in [1.82, 2.24) is 5.32 Å². The number of fused-ring (bicyclic) bond motifs is 1. The first-order valence-electron chi connectivity index (χ1n) is 6.34. The zero-order valence-electron chi connectivity index (χ0n) is 9.97. The predicted octanol–water partition coefficient (Wildman–Crippen LogP) is 3.20. The van der Waals surface area contributed by atoms with Crippen molar-refractivity contribution in [2.75, 3.05) is 6.54 Å². The highest BCUT2D eigenvalue weighted by molar-refractivity contribution is 4.93. The topological polar surface area (TPSA) is 12.0 Å². The molecule has 1 aliphatic carbocycles.